The number of carbonyl (C=O) groups is 2. The topological polar surface area (TPSA) is 54.4 Å². The number of aliphatic hydroxyl groups is 1. The lowest BCUT2D eigenvalue weighted by molar-refractivity contribution is -0.125. The highest BCUT2D eigenvalue weighted by Gasteiger charge is 2.36. The third kappa shape index (κ3) is 3.05. The zero-order chi connectivity index (χ0) is 13.9. The van der Waals surface area contributed by atoms with Gasteiger partial charge in [-0.15, -0.1) is 0 Å². The predicted molar refractivity (Wildman–Crippen MR) is 71.1 cm³/mol. The molecule has 0 bridgehead atoms. The first kappa shape index (κ1) is 14.6. The minimum absolute atomic E-state index is 0.203. The van der Waals surface area contributed by atoms with Gasteiger partial charge in [-0.1, -0.05) is 26.0 Å². The van der Waals surface area contributed by atoms with Gasteiger partial charge >= 0.3 is 0 Å². The van der Waals surface area contributed by atoms with Crippen molar-refractivity contribution < 1.29 is 14.7 Å². The molecule has 3 nitrogen and oxygen atoms in total. The number of Topliss-reactive ketones (excluding diaryl/α,β-unsaturated/α-hetero) is 1. The summed E-state index contributed by atoms with van der Waals surface area (Å²) >= 11 is 0. The molecule has 1 rings (SSSR count). The Bertz CT molecular complexity index is 450. The van der Waals surface area contributed by atoms with Crippen LogP contribution in [0.25, 0.3) is 0 Å². The summed E-state index contributed by atoms with van der Waals surface area (Å²) in [6.07, 6.45) is 5.43. The summed E-state index contributed by atoms with van der Waals surface area (Å²) in [5, 5.41) is 9.70. The van der Waals surface area contributed by atoms with Gasteiger partial charge in [-0.05, 0) is 48.5 Å². The van der Waals surface area contributed by atoms with Gasteiger partial charge in [-0.2, -0.15) is 0 Å². The van der Waals surface area contributed by atoms with Crippen LogP contribution in [0, 0.1) is 5.41 Å². The van der Waals surface area contributed by atoms with Gasteiger partial charge < -0.3 is 5.11 Å². The molecule has 0 aliphatic heterocycles. The van der Waals surface area contributed by atoms with Crippen LogP contribution in [0.2, 0.25) is 0 Å². The molecule has 18 heavy (non-hydrogen) atoms. The lowest BCUT2D eigenvalue weighted by Gasteiger charge is -2.34. The SMILES string of the molecule is CC(C=CC1=C(C)C(=O)C(O)CC1(C)C)=CC=O. The smallest absolute Gasteiger partial charge is 0.187 e. The van der Waals surface area contributed by atoms with Crippen LogP contribution in [0.4, 0.5) is 0 Å². The van der Waals surface area contributed by atoms with E-state index in [-0.39, 0.29) is 11.2 Å². The summed E-state index contributed by atoms with van der Waals surface area (Å²) in [5.74, 6) is -0.203. The van der Waals surface area contributed by atoms with Crippen LogP contribution in [0.15, 0.2) is 34.9 Å². The van der Waals surface area contributed by atoms with Crippen molar-refractivity contribution in [2.45, 2.75) is 40.2 Å². The van der Waals surface area contributed by atoms with Crippen molar-refractivity contribution in [2.24, 2.45) is 5.41 Å². The number of aliphatic hydroxyl groups excluding tert-OH is 1. The van der Waals surface area contributed by atoms with Gasteiger partial charge in [0.15, 0.2) is 5.78 Å². The minimum atomic E-state index is -0.899. The van der Waals surface area contributed by atoms with E-state index >= 15 is 0 Å². The van der Waals surface area contributed by atoms with Gasteiger partial charge in [0.05, 0.1) is 0 Å². The molecule has 1 unspecified atom stereocenters. The molecule has 98 valence electrons. The predicted octanol–water partition coefficient (Wildman–Crippen LogP) is 2.36. The maximum absolute atomic E-state index is 11.8. The Balaban J connectivity index is 3.15. The molecule has 0 heterocycles. The Morgan fingerprint density at radius 3 is 2.61 bits per heavy atom. The van der Waals surface area contributed by atoms with Gasteiger partial charge in [-0.3, -0.25) is 9.59 Å². The number of allylic oxidation sites excluding steroid dienone is 5. The molecule has 0 saturated carbocycles. The first-order valence-corrected chi connectivity index (χ1v) is 6.03. The van der Waals surface area contributed by atoms with E-state index in [4.69, 9.17) is 0 Å². The first-order chi connectivity index (χ1) is 8.29. The van der Waals surface area contributed by atoms with Gasteiger partial charge in [0.25, 0.3) is 0 Å². The number of rotatable bonds is 3. The van der Waals surface area contributed by atoms with E-state index in [1.807, 2.05) is 32.9 Å². The normalized spacial score (nSPS) is 24.8. The van der Waals surface area contributed by atoms with Gasteiger partial charge in [0.1, 0.15) is 12.4 Å². The molecule has 1 N–H and O–H groups in total. The van der Waals surface area contributed by atoms with Crippen LogP contribution in [-0.2, 0) is 9.59 Å². The summed E-state index contributed by atoms with van der Waals surface area (Å²) < 4.78 is 0. The summed E-state index contributed by atoms with van der Waals surface area (Å²) in [4.78, 5) is 22.1. The van der Waals surface area contributed by atoms with Crippen molar-refractivity contribution in [1.82, 2.24) is 0 Å². The van der Waals surface area contributed by atoms with E-state index in [2.05, 4.69) is 0 Å². The Morgan fingerprint density at radius 1 is 1.44 bits per heavy atom. The van der Waals surface area contributed by atoms with Crippen LogP contribution in [0.5, 0.6) is 0 Å². The van der Waals surface area contributed by atoms with E-state index < -0.39 is 6.10 Å². The van der Waals surface area contributed by atoms with Gasteiger partial charge in [0.2, 0.25) is 0 Å². The van der Waals surface area contributed by atoms with Crippen molar-refractivity contribution in [2.75, 3.05) is 0 Å². The fraction of sp³-hybridized carbons (Fsp3) is 0.467. The second-order valence-corrected chi connectivity index (χ2v) is 5.39. The molecule has 0 spiro atoms. The average molecular weight is 248 g/mol. The maximum atomic E-state index is 11.8. The summed E-state index contributed by atoms with van der Waals surface area (Å²) in [7, 11) is 0. The standard InChI is InChI=1S/C15H20O3/c1-10(7-8-16)5-6-12-11(2)14(18)13(17)9-15(12,3)4/h5-8,13,17H,9H2,1-4H3. The van der Waals surface area contributed by atoms with E-state index in [0.29, 0.717) is 12.0 Å². The summed E-state index contributed by atoms with van der Waals surface area (Å²) in [5.41, 5.74) is 2.13. The number of hydrogen-bond acceptors (Lipinski definition) is 3. The van der Waals surface area contributed by atoms with Crippen LogP contribution in [0.3, 0.4) is 0 Å². The van der Waals surface area contributed by atoms with Crippen molar-refractivity contribution in [3.8, 4) is 0 Å². The lowest BCUT2D eigenvalue weighted by atomic mass is 9.71. The molecule has 0 amide bonds. The number of hydrogen-bond donors (Lipinski definition) is 1. The van der Waals surface area contributed by atoms with E-state index in [1.54, 1.807) is 6.92 Å². The molecule has 0 aromatic heterocycles. The fourth-order valence-corrected chi connectivity index (χ4v) is 2.30. The first-order valence-electron chi connectivity index (χ1n) is 6.03. The molecular formula is C15H20O3. The minimum Gasteiger partial charge on any atom is -0.385 e. The molecule has 0 fully saturated rings. The quantitative estimate of drug-likeness (QED) is 0.474. The molecular weight excluding hydrogens is 228 g/mol. The van der Waals surface area contributed by atoms with Crippen LogP contribution in [-0.4, -0.2) is 23.3 Å². The molecule has 0 radical (unpaired) electrons. The highest BCUT2D eigenvalue weighted by molar-refractivity contribution is 6.00. The second-order valence-electron chi connectivity index (χ2n) is 5.39. The molecule has 0 aromatic rings. The van der Waals surface area contributed by atoms with Crippen LogP contribution < -0.4 is 0 Å². The van der Waals surface area contributed by atoms with Crippen LogP contribution >= 0.6 is 0 Å². The fourth-order valence-electron chi connectivity index (χ4n) is 2.30. The monoisotopic (exact) mass is 248 g/mol. The molecule has 1 aliphatic carbocycles. The Morgan fingerprint density at radius 2 is 2.06 bits per heavy atom. The maximum Gasteiger partial charge on any atom is 0.187 e. The average Bonchev–Trinajstić information content (AvgIpc) is 2.25. The Kier molecular flexibility index (Phi) is 4.41. The molecule has 1 atom stereocenters. The van der Waals surface area contributed by atoms with E-state index in [9.17, 15) is 14.7 Å². The highest BCUT2D eigenvalue weighted by Crippen LogP contribution is 2.39. The third-order valence-electron chi connectivity index (χ3n) is 3.35. The van der Waals surface area contributed by atoms with Crippen molar-refractivity contribution in [1.29, 1.82) is 0 Å². The number of ketones is 1. The van der Waals surface area contributed by atoms with Crippen molar-refractivity contribution in [3.05, 3.63) is 34.9 Å². The Labute approximate surface area is 108 Å². The van der Waals surface area contributed by atoms with Gasteiger partial charge in [0, 0.05) is 0 Å². The Hall–Kier alpha value is -1.48. The summed E-state index contributed by atoms with van der Waals surface area (Å²) in [6, 6.07) is 0. The molecule has 0 aromatic carbocycles. The zero-order valence-corrected chi connectivity index (χ0v) is 11.4. The van der Waals surface area contributed by atoms with Crippen molar-refractivity contribution in [3.63, 3.8) is 0 Å². The molecule has 0 saturated heterocycles. The zero-order valence-electron chi connectivity index (χ0n) is 11.4. The molecule has 1 aliphatic rings. The highest BCUT2D eigenvalue weighted by atomic mass is 16.3. The molecule has 3 heteroatoms. The lowest BCUT2D eigenvalue weighted by Crippen LogP contribution is -2.35. The van der Waals surface area contributed by atoms with E-state index in [0.717, 1.165) is 17.4 Å². The largest absolute Gasteiger partial charge is 0.385 e. The second kappa shape index (κ2) is 5.44. The third-order valence-corrected chi connectivity index (χ3v) is 3.35. The summed E-state index contributed by atoms with van der Waals surface area (Å²) in [6.45, 7) is 7.58. The van der Waals surface area contributed by atoms with Crippen LogP contribution in [0.1, 0.15) is 34.1 Å². The number of carbonyl (C=O) groups excluding carboxylic acids is 2. The van der Waals surface area contributed by atoms with E-state index in [1.165, 1.54) is 6.08 Å². The number of aldehydes is 1. The van der Waals surface area contributed by atoms with Gasteiger partial charge in [-0.25, -0.2) is 0 Å². The van der Waals surface area contributed by atoms with Crippen molar-refractivity contribution >= 4 is 12.1 Å².